The van der Waals surface area contributed by atoms with Gasteiger partial charge in [-0.3, -0.25) is 38.4 Å². The summed E-state index contributed by atoms with van der Waals surface area (Å²) in [5, 5.41) is 0. The lowest BCUT2D eigenvalue weighted by Crippen LogP contribution is -2.54. The predicted octanol–water partition coefficient (Wildman–Crippen LogP) is 13.8. The monoisotopic (exact) mass is 1340 g/mol. The Hall–Kier alpha value is -4.77. The molecule has 17 nitrogen and oxygen atoms in total. The van der Waals surface area contributed by atoms with Crippen molar-refractivity contribution in [2.24, 2.45) is 66.8 Å². The van der Waals surface area contributed by atoms with Gasteiger partial charge in [-0.1, -0.05) is 187 Å². The highest BCUT2D eigenvalue weighted by atomic mass is 19.1. The first-order chi connectivity index (χ1) is 43.1. The number of carbonyl (C=O) groups is 8. The van der Waals surface area contributed by atoms with Gasteiger partial charge in [0.15, 0.2) is 0 Å². The van der Waals surface area contributed by atoms with Crippen molar-refractivity contribution >= 4 is 47.3 Å². The fourth-order valence-electron chi connectivity index (χ4n) is 11.6. The van der Waals surface area contributed by atoms with E-state index in [1.807, 2.05) is 200 Å². The van der Waals surface area contributed by atoms with Crippen LogP contribution in [0.4, 0.5) is 4.39 Å². The van der Waals surface area contributed by atoms with Gasteiger partial charge in [0.25, 0.3) is 0 Å². The Labute approximate surface area is 580 Å². The number of nitrogens with two attached hydrogens (primary N) is 1. The third kappa shape index (κ3) is 32.6. The molecular weight excluding hydrogens is 1200 g/mol. The van der Waals surface area contributed by atoms with Gasteiger partial charge in [-0.25, -0.2) is 4.39 Å². The molecule has 8 heterocycles. The lowest BCUT2D eigenvalue weighted by molar-refractivity contribution is -0.147. The van der Waals surface area contributed by atoms with Crippen LogP contribution in [0.15, 0.2) is 12.3 Å². The van der Waals surface area contributed by atoms with Crippen molar-refractivity contribution < 1.29 is 42.7 Å². The Morgan fingerprint density at radius 2 is 0.495 bits per heavy atom. The molecule has 18 heteroatoms. The van der Waals surface area contributed by atoms with E-state index in [0.717, 1.165) is 104 Å². The molecule has 0 radical (unpaired) electrons. The number of hydrogen-bond acceptors (Lipinski definition) is 9. The van der Waals surface area contributed by atoms with Crippen LogP contribution < -0.4 is 5.73 Å². The van der Waals surface area contributed by atoms with Gasteiger partial charge in [0.05, 0.1) is 13.1 Å². The fraction of sp³-hybridized carbons (Fsp3) is 0.870. The van der Waals surface area contributed by atoms with Crippen molar-refractivity contribution in [3.05, 3.63) is 12.3 Å². The number of halogens is 1. The largest absolute Gasteiger partial charge is 0.402 e. The molecule has 0 bridgehead atoms. The first-order valence-electron chi connectivity index (χ1n) is 36.6. The summed E-state index contributed by atoms with van der Waals surface area (Å²) in [6, 6.07) is 0. The smallest absolute Gasteiger partial charge is 0.228 e. The van der Waals surface area contributed by atoms with Crippen LogP contribution in [0.25, 0.3) is 0 Å². The van der Waals surface area contributed by atoms with E-state index >= 15 is 0 Å². The lowest BCUT2D eigenvalue weighted by atomic mass is 9.92. The van der Waals surface area contributed by atoms with Crippen LogP contribution in [0.1, 0.15) is 263 Å². The number of carbonyl (C=O) groups excluding carboxylic acids is 8. The zero-order valence-corrected chi connectivity index (χ0v) is 65.8. The summed E-state index contributed by atoms with van der Waals surface area (Å²) in [6.07, 6.45) is 14.5. The highest BCUT2D eigenvalue weighted by Gasteiger charge is 2.38. The summed E-state index contributed by atoms with van der Waals surface area (Å²) in [5.41, 5.74) is 4.52. The average molecular weight is 1340 g/mol. The Kier molecular flexibility index (Phi) is 35.3. The third-order valence-corrected chi connectivity index (χ3v) is 17.9. The molecule has 552 valence electrons. The maximum absolute atomic E-state index is 12.3. The molecule has 2 N–H and O–H groups in total. The first kappa shape index (κ1) is 88.2. The van der Waals surface area contributed by atoms with Gasteiger partial charge in [0.1, 0.15) is 6.17 Å². The van der Waals surface area contributed by atoms with E-state index in [1.165, 1.54) is 77.0 Å². The molecule has 2 atom stereocenters. The SMILES string of the molecule is C=C(N)C1CCN(C(=O)C(C)(C)C)C1.CC(C)(C)C(=O)N1CC(F)C1.CC(C)(C)C(=O)N1CCC1.CC(C)(C)C(=O)N1CCCC1.CC(C)(C)C(=O)N1CCCCC1.CC(C)(C)C(=O)N1CCCCC1.CC1CCN(C(=O)C(C)(C)C)C1.CC1CCN(C(=O)C(C)(C)C)CC1. The Morgan fingerprint density at radius 3 is 0.716 bits per heavy atom. The van der Waals surface area contributed by atoms with Crippen molar-refractivity contribution in [3.8, 4) is 0 Å². The van der Waals surface area contributed by atoms with E-state index in [0.29, 0.717) is 53.0 Å². The minimum Gasteiger partial charge on any atom is -0.402 e. The zero-order valence-electron chi connectivity index (χ0n) is 65.8. The van der Waals surface area contributed by atoms with E-state index in [2.05, 4.69) is 20.4 Å². The molecule has 0 aromatic rings. The molecule has 2 unspecified atom stereocenters. The van der Waals surface area contributed by atoms with Gasteiger partial charge in [0, 0.05) is 147 Å². The molecule has 95 heavy (non-hydrogen) atoms. The van der Waals surface area contributed by atoms with Crippen molar-refractivity contribution in [2.45, 2.75) is 270 Å². The number of amides is 8. The molecule has 8 fully saturated rings. The van der Waals surface area contributed by atoms with Crippen LogP contribution >= 0.6 is 0 Å². The van der Waals surface area contributed by atoms with Crippen LogP contribution in [0.2, 0.25) is 0 Å². The Morgan fingerprint density at radius 1 is 0.284 bits per heavy atom. The number of likely N-dealkylation sites (tertiary alicyclic amines) is 8. The molecular formula is C77H144FN9O8. The molecule has 8 rings (SSSR count). The molecule has 0 aliphatic carbocycles. The van der Waals surface area contributed by atoms with E-state index in [9.17, 15) is 42.7 Å². The van der Waals surface area contributed by atoms with E-state index in [-0.39, 0.29) is 68.2 Å². The quantitative estimate of drug-likeness (QED) is 0.266. The average Bonchev–Trinajstić information content (AvgIpc) is 1.66. The van der Waals surface area contributed by atoms with Gasteiger partial charge in [-0.2, -0.15) is 0 Å². The van der Waals surface area contributed by atoms with Gasteiger partial charge >= 0.3 is 0 Å². The van der Waals surface area contributed by atoms with Crippen molar-refractivity contribution in [1.29, 1.82) is 0 Å². The van der Waals surface area contributed by atoms with Gasteiger partial charge in [-0.05, 0) is 95.3 Å². The normalized spacial score (nSPS) is 20.6. The number of rotatable bonds is 1. The van der Waals surface area contributed by atoms with Crippen LogP contribution in [0.3, 0.4) is 0 Å². The number of hydrogen-bond donors (Lipinski definition) is 1. The number of nitrogens with zero attached hydrogens (tertiary/aromatic N) is 8. The van der Waals surface area contributed by atoms with Crippen LogP contribution in [-0.2, 0) is 38.4 Å². The van der Waals surface area contributed by atoms with Crippen molar-refractivity contribution in [3.63, 3.8) is 0 Å². The molecule has 8 aliphatic rings. The predicted molar refractivity (Wildman–Crippen MR) is 388 cm³/mol. The lowest BCUT2D eigenvalue weighted by Gasteiger charge is -2.38. The van der Waals surface area contributed by atoms with Gasteiger partial charge in [0.2, 0.25) is 47.3 Å². The molecule has 0 saturated carbocycles. The number of piperidine rings is 3. The molecule has 8 saturated heterocycles. The van der Waals surface area contributed by atoms with Crippen LogP contribution in [0, 0.1) is 61.1 Å². The zero-order chi connectivity index (χ0) is 73.6. The molecule has 8 aliphatic heterocycles. The summed E-state index contributed by atoms with van der Waals surface area (Å²) in [6.45, 7) is 69.0. The Bertz CT molecular complexity index is 2330. The topological polar surface area (TPSA) is 189 Å². The molecule has 0 aromatic heterocycles. The maximum Gasteiger partial charge on any atom is 0.228 e. The second-order valence-electron chi connectivity index (χ2n) is 36.6. The number of alkyl halides is 1. The standard InChI is InChI=1S/C11H20N2O.C11H21NO.3C10H19NO.C9H17NO.C8H14FNO.C8H15NO/c1-8(12)9-5-6-13(7-9)10(14)11(2,3)4;1-9-5-7-12(8-6-9)10(13)11(2,3)4;1-8-5-6-11(7-8)9(12)10(2,3)4;2*1-10(2,3)9(12)11-7-5-4-6-8-11;1-9(2,3)8(11)10-6-4-5-7-10;1-8(2,3)7(11)10-4-6(9)5-10;1-8(2,3)7(10)9-5-4-6-9/h9H,1,5-7,12H2,2-4H3;9H,5-8H2,1-4H3;8H,5-7H2,1-4H3;2*4-8H2,1-3H3;4-7H2,1-3H3;6H,4-5H2,1-3H3;4-6H2,1-3H3. The second-order valence-corrected chi connectivity index (χ2v) is 36.6. The minimum atomic E-state index is -0.790. The summed E-state index contributed by atoms with van der Waals surface area (Å²) < 4.78 is 12.3. The van der Waals surface area contributed by atoms with E-state index in [1.54, 1.807) is 4.90 Å². The maximum atomic E-state index is 12.3. The second kappa shape index (κ2) is 38.0. The van der Waals surface area contributed by atoms with E-state index < -0.39 is 6.17 Å². The molecule has 0 spiro atoms. The summed E-state index contributed by atoms with van der Waals surface area (Å²) in [4.78, 5) is 109. The minimum absolute atomic E-state index is 0.0476. The Balaban J connectivity index is 0.000000544. The van der Waals surface area contributed by atoms with Crippen molar-refractivity contribution in [1.82, 2.24) is 39.2 Å². The fourth-order valence-corrected chi connectivity index (χ4v) is 11.6. The highest BCUT2D eigenvalue weighted by Crippen LogP contribution is 2.29. The van der Waals surface area contributed by atoms with Crippen LogP contribution in [-0.4, -0.2) is 197 Å². The third-order valence-electron chi connectivity index (χ3n) is 17.9. The molecule has 8 amide bonds. The highest BCUT2D eigenvalue weighted by molar-refractivity contribution is 5.85. The summed E-state index contributed by atoms with van der Waals surface area (Å²) in [5.74, 6) is 3.85. The van der Waals surface area contributed by atoms with Gasteiger partial charge in [-0.15, -0.1) is 0 Å². The summed E-state index contributed by atoms with van der Waals surface area (Å²) >= 11 is 0. The summed E-state index contributed by atoms with van der Waals surface area (Å²) in [7, 11) is 0. The van der Waals surface area contributed by atoms with Gasteiger partial charge < -0.3 is 44.9 Å². The first-order valence-corrected chi connectivity index (χ1v) is 36.6. The molecule has 0 aromatic carbocycles. The van der Waals surface area contributed by atoms with Crippen molar-refractivity contribution in [2.75, 3.05) is 105 Å². The van der Waals surface area contributed by atoms with E-state index in [4.69, 9.17) is 5.73 Å². The van der Waals surface area contributed by atoms with Crippen LogP contribution in [0.5, 0.6) is 0 Å².